The molecule has 0 bridgehead atoms. The lowest BCUT2D eigenvalue weighted by Crippen LogP contribution is -2.36. The zero-order valence-electron chi connectivity index (χ0n) is 15.7. The van der Waals surface area contributed by atoms with Gasteiger partial charge in [0.05, 0.1) is 19.8 Å². The van der Waals surface area contributed by atoms with Crippen LogP contribution in [-0.4, -0.2) is 61.4 Å². The fraction of sp³-hybridized carbons (Fsp3) is 0.789. The fourth-order valence-electron chi connectivity index (χ4n) is 2.68. The molecular formula is C19H33NO5. The summed E-state index contributed by atoms with van der Waals surface area (Å²) in [5.41, 5.74) is 0.267. The number of esters is 1. The van der Waals surface area contributed by atoms with Crippen molar-refractivity contribution in [2.24, 2.45) is 5.92 Å². The maximum Gasteiger partial charge on any atom is 0.334 e. The molecule has 1 heterocycles. The van der Waals surface area contributed by atoms with Gasteiger partial charge in [-0.05, 0) is 38.1 Å². The first-order valence-corrected chi connectivity index (χ1v) is 9.43. The van der Waals surface area contributed by atoms with Gasteiger partial charge in [-0.15, -0.1) is 0 Å². The summed E-state index contributed by atoms with van der Waals surface area (Å²) in [6.07, 6.45) is 6.10. The third-order valence-corrected chi connectivity index (χ3v) is 4.62. The minimum Gasteiger partial charge on any atom is -0.478 e. The van der Waals surface area contributed by atoms with Crippen molar-refractivity contribution in [2.45, 2.75) is 52.4 Å². The minimum absolute atomic E-state index is 0.267. The van der Waals surface area contributed by atoms with E-state index in [1.54, 1.807) is 0 Å². The van der Waals surface area contributed by atoms with Gasteiger partial charge in [-0.2, -0.15) is 0 Å². The van der Waals surface area contributed by atoms with Gasteiger partial charge in [0.15, 0.2) is 0 Å². The van der Waals surface area contributed by atoms with E-state index in [1.165, 1.54) is 0 Å². The van der Waals surface area contributed by atoms with Gasteiger partial charge in [0.1, 0.15) is 0 Å². The Kier molecular flexibility index (Phi) is 11.2. The Hall–Kier alpha value is -1.40. The van der Waals surface area contributed by atoms with E-state index in [0.29, 0.717) is 18.9 Å². The van der Waals surface area contributed by atoms with Crippen molar-refractivity contribution in [3.63, 3.8) is 0 Å². The second-order valence-corrected chi connectivity index (χ2v) is 6.71. The number of unbranched alkanes of at least 4 members (excludes halogenated alkanes) is 2. The predicted molar refractivity (Wildman–Crippen MR) is 96.5 cm³/mol. The van der Waals surface area contributed by atoms with Crippen molar-refractivity contribution in [3.8, 4) is 0 Å². The maximum absolute atomic E-state index is 12.1. The van der Waals surface area contributed by atoms with Crippen LogP contribution in [0.4, 0.5) is 0 Å². The van der Waals surface area contributed by atoms with E-state index in [9.17, 15) is 9.59 Å². The number of hydrogen-bond acceptors (Lipinski definition) is 5. The molecule has 1 aliphatic rings. The largest absolute Gasteiger partial charge is 0.478 e. The monoisotopic (exact) mass is 355 g/mol. The smallest absolute Gasteiger partial charge is 0.334 e. The van der Waals surface area contributed by atoms with E-state index < -0.39 is 11.9 Å². The van der Waals surface area contributed by atoms with Crippen LogP contribution in [-0.2, 0) is 19.1 Å². The third kappa shape index (κ3) is 10.2. The molecule has 1 N–H and O–H groups in total. The highest BCUT2D eigenvalue weighted by Crippen LogP contribution is 2.13. The molecule has 0 spiro atoms. The van der Waals surface area contributed by atoms with Gasteiger partial charge >= 0.3 is 11.9 Å². The first kappa shape index (κ1) is 21.6. The number of carboxylic acids is 1. The van der Waals surface area contributed by atoms with Crippen molar-refractivity contribution in [2.75, 3.05) is 39.5 Å². The van der Waals surface area contributed by atoms with E-state index in [2.05, 4.69) is 18.7 Å². The van der Waals surface area contributed by atoms with Gasteiger partial charge in [-0.25, -0.2) is 9.59 Å². The van der Waals surface area contributed by atoms with E-state index in [0.717, 1.165) is 71.0 Å². The fourth-order valence-corrected chi connectivity index (χ4v) is 2.68. The van der Waals surface area contributed by atoms with Gasteiger partial charge in [-0.1, -0.05) is 26.7 Å². The molecule has 0 aromatic carbocycles. The number of morpholine rings is 1. The molecule has 1 fully saturated rings. The van der Waals surface area contributed by atoms with Crippen LogP contribution in [0.1, 0.15) is 52.4 Å². The number of aliphatic carboxylic acids is 1. The molecule has 0 aromatic heterocycles. The quantitative estimate of drug-likeness (QED) is 0.330. The Morgan fingerprint density at radius 3 is 2.60 bits per heavy atom. The van der Waals surface area contributed by atoms with Crippen LogP contribution in [0.5, 0.6) is 0 Å². The number of carbonyl (C=O) groups excluding carboxylic acids is 1. The molecule has 6 heteroatoms. The average Bonchev–Trinajstić information content (AvgIpc) is 2.60. The van der Waals surface area contributed by atoms with Crippen LogP contribution in [0.15, 0.2) is 11.6 Å². The third-order valence-electron chi connectivity index (χ3n) is 4.62. The maximum atomic E-state index is 12.1. The average molecular weight is 355 g/mol. The van der Waals surface area contributed by atoms with E-state index in [-0.39, 0.29) is 5.57 Å². The van der Waals surface area contributed by atoms with Gasteiger partial charge in [0.2, 0.25) is 0 Å². The highest BCUT2D eigenvalue weighted by molar-refractivity contribution is 5.95. The lowest BCUT2D eigenvalue weighted by atomic mass is 10.1. The first-order chi connectivity index (χ1) is 12.0. The zero-order valence-corrected chi connectivity index (χ0v) is 15.7. The zero-order chi connectivity index (χ0) is 18.5. The topological polar surface area (TPSA) is 76.1 Å². The molecule has 6 nitrogen and oxygen atoms in total. The Bertz CT molecular complexity index is 430. The number of nitrogens with zero attached hydrogens (tertiary/aromatic N) is 1. The Morgan fingerprint density at radius 2 is 1.96 bits per heavy atom. The van der Waals surface area contributed by atoms with Crippen molar-refractivity contribution < 1.29 is 24.2 Å². The standard InChI is InChI=1S/C19H33NO5/c1-3-16(2)8-12-25-19(23)17(15-18(21)22)7-5-4-6-9-20-10-13-24-14-11-20/h15-16H,3-14H2,1-2H3,(H,21,22)/b17-15+. The summed E-state index contributed by atoms with van der Waals surface area (Å²) in [6, 6.07) is 0. The summed E-state index contributed by atoms with van der Waals surface area (Å²) in [6.45, 7) is 9.14. The molecule has 1 unspecified atom stereocenters. The minimum atomic E-state index is -1.10. The van der Waals surface area contributed by atoms with Crippen molar-refractivity contribution >= 4 is 11.9 Å². The molecule has 0 aliphatic carbocycles. The number of rotatable bonds is 12. The second-order valence-electron chi connectivity index (χ2n) is 6.71. The van der Waals surface area contributed by atoms with Crippen molar-refractivity contribution in [1.29, 1.82) is 0 Å². The molecule has 25 heavy (non-hydrogen) atoms. The number of carbonyl (C=O) groups is 2. The molecule has 1 atom stereocenters. The molecule has 0 radical (unpaired) electrons. The van der Waals surface area contributed by atoms with E-state index in [1.807, 2.05) is 0 Å². The highest BCUT2D eigenvalue weighted by Gasteiger charge is 2.14. The van der Waals surface area contributed by atoms with Gasteiger partial charge in [0, 0.05) is 24.7 Å². The van der Waals surface area contributed by atoms with Crippen molar-refractivity contribution in [3.05, 3.63) is 11.6 Å². The van der Waals surface area contributed by atoms with E-state index >= 15 is 0 Å². The predicted octanol–water partition coefficient (Wildman–Crippen LogP) is 2.87. The molecule has 1 rings (SSSR count). The summed E-state index contributed by atoms with van der Waals surface area (Å²) in [5, 5.41) is 8.95. The molecule has 0 saturated carbocycles. The highest BCUT2D eigenvalue weighted by atomic mass is 16.5. The Balaban J connectivity index is 2.27. The lowest BCUT2D eigenvalue weighted by Gasteiger charge is -2.26. The van der Waals surface area contributed by atoms with E-state index in [4.69, 9.17) is 14.6 Å². The van der Waals surface area contributed by atoms with Gasteiger partial charge in [0.25, 0.3) is 0 Å². The number of carboxylic acid groups (broad SMARTS) is 1. The molecular weight excluding hydrogens is 322 g/mol. The van der Waals surface area contributed by atoms with Crippen LogP contribution in [0, 0.1) is 5.92 Å². The number of hydrogen-bond donors (Lipinski definition) is 1. The molecule has 1 saturated heterocycles. The van der Waals surface area contributed by atoms with Gasteiger partial charge in [-0.3, -0.25) is 4.90 Å². The Morgan fingerprint density at radius 1 is 1.24 bits per heavy atom. The molecule has 0 amide bonds. The van der Waals surface area contributed by atoms with Crippen molar-refractivity contribution in [1.82, 2.24) is 4.90 Å². The summed E-state index contributed by atoms with van der Waals surface area (Å²) in [7, 11) is 0. The van der Waals surface area contributed by atoms with Crippen LogP contribution >= 0.6 is 0 Å². The van der Waals surface area contributed by atoms with Crippen LogP contribution in [0.25, 0.3) is 0 Å². The summed E-state index contributed by atoms with van der Waals surface area (Å²) < 4.78 is 10.6. The summed E-state index contributed by atoms with van der Waals surface area (Å²) in [5.74, 6) is -1.08. The lowest BCUT2D eigenvalue weighted by molar-refractivity contribution is -0.140. The second kappa shape index (κ2) is 12.9. The normalized spacial score (nSPS) is 17.3. The molecule has 144 valence electrons. The Labute approximate surface area is 151 Å². The molecule has 0 aromatic rings. The number of ether oxygens (including phenoxy) is 2. The van der Waals surface area contributed by atoms with Gasteiger partial charge < -0.3 is 14.6 Å². The summed E-state index contributed by atoms with van der Waals surface area (Å²) >= 11 is 0. The first-order valence-electron chi connectivity index (χ1n) is 9.43. The SMILES string of the molecule is CCC(C)CCOC(=O)/C(=C/C(=O)O)CCCCCN1CCOCC1. The molecule has 1 aliphatic heterocycles. The van der Waals surface area contributed by atoms with Crippen LogP contribution in [0.3, 0.4) is 0 Å². The van der Waals surface area contributed by atoms with Crippen LogP contribution < -0.4 is 0 Å². The van der Waals surface area contributed by atoms with Crippen LogP contribution in [0.2, 0.25) is 0 Å². The summed E-state index contributed by atoms with van der Waals surface area (Å²) in [4.78, 5) is 25.4.